The monoisotopic (exact) mass is 395 g/mol. The van der Waals surface area contributed by atoms with Gasteiger partial charge in [-0.2, -0.15) is 0 Å². The van der Waals surface area contributed by atoms with Crippen molar-refractivity contribution in [3.63, 3.8) is 0 Å². The van der Waals surface area contributed by atoms with Crippen LogP contribution in [0.3, 0.4) is 0 Å². The van der Waals surface area contributed by atoms with Gasteiger partial charge in [-0.25, -0.2) is 9.37 Å². The lowest BCUT2D eigenvalue weighted by Gasteiger charge is -2.07. The minimum Gasteiger partial charge on any atom is -0.350 e. The zero-order valence-electron chi connectivity index (χ0n) is 11.8. The molecule has 0 aliphatic heterocycles. The maximum absolute atomic E-state index is 13.3. The van der Waals surface area contributed by atoms with Crippen molar-refractivity contribution < 1.29 is 9.18 Å². The van der Waals surface area contributed by atoms with Gasteiger partial charge in [-0.1, -0.05) is 0 Å². The number of hydrogen-bond donors (Lipinski definition) is 1. The molecular weight excluding hydrogens is 385 g/mol. The van der Waals surface area contributed by atoms with Crippen molar-refractivity contribution in [2.75, 3.05) is 0 Å². The molecule has 118 valence electrons. The first-order valence-corrected chi connectivity index (χ1v) is 8.34. The van der Waals surface area contributed by atoms with Gasteiger partial charge in [0.2, 0.25) is 5.91 Å². The van der Waals surface area contributed by atoms with Crippen LogP contribution in [0.5, 0.6) is 0 Å². The smallest absolute Gasteiger partial charge is 0.261 e. The molecule has 8 heteroatoms. The van der Waals surface area contributed by atoms with Gasteiger partial charge in [0.05, 0.1) is 23.8 Å². The number of fused-ring (bicyclic) bond motifs is 1. The van der Waals surface area contributed by atoms with Crippen molar-refractivity contribution in [3.8, 4) is 0 Å². The van der Waals surface area contributed by atoms with Crippen molar-refractivity contribution in [1.82, 2.24) is 14.9 Å². The van der Waals surface area contributed by atoms with Crippen molar-refractivity contribution in [2.45, 2.75) is 13.1 Å². The van der Waals surface area contributed by atoms with Crippen LogP contribution in [0.2, 0.25) is 0 Å². The zero-order valence-corrected chi connectivity index (χ0v) is 14.2. The summed E-state index contributed by atoms with van der Waals surface area (Å²) in [7, 11) is 0. The van der Waals surface area contributed by atoms with Gasteiger partial charge in [-0.3, -0.25) is 14.2 Å². The van der Waals surface area contributed by atoms with Crippen molar-refractivity contribution in [1.29, 1.82) is 0 Å². The molecule has 1 aromatic carbocycles. The van der Waals surface area contributed by atoms with Crippen LogP contribution in [0.1, 0.15) is 4.88 Å². The number of benzene rings is 1. The van der Waals surface area contributed by atoms with E-state index in [-0.39, 0.29) is 17.8 Å². The Morgan fingerprint density at radius 2 is 2.22 bits per heavy atom. The van der Waals surface area contributed by atoms with Gasteiger partial charge < -0.3 is 5.32 Å². The second-order valence-electron chi connectivity index (χ2n) is 4.85. The number of hydrogen-bond acceptors (Lipinski definition) is 4. The summed E-state index contributed by atoms with van der Waals surface area (Å²) < 4.78 is 15.4. The number of halogens is 2. The summed E-state index contributed by atoms with van der Waals surface area (Å²) in [4.78, 5) is 29.3. The van der Waals surface area contributed by atoms with Gasteiger partial charge in [0.25, 0.3) is 5.56 Å². The molecule has 2 aromatic heterocycles. The number of rotatable bonds is 4. The van der Waals surface area contributed by atoms with E-state index < -0.39 is 11.4 Å². The van der Waals surface area contributed by atoms with Crippen molar-refractivity contribution in [2.24, 2.45) is 0 Å². The molecule has 0 radical (unpaired) electrons. The maximum atomic E-state index is 13.3. The topological polar surface area (TPSA) is 64.0 Å². The van der Waals surface area contributed by atoms with Crippen molar-refractivity contribution in [3.05, 3.63) is 61.5 Å². The largest absolute Gasteiger partial charge is 0.350 e. The van der Waals surface area contributed by atoms with E-state index in [2.05, 4.69) is 26.2 Å². The second kappa shape index (κ2) is 6.59. The van der Waals surface area contributed by atoms with Crippen LogP contribution >= 0.6 is 27.3 Å². The number of nitrogens with one attached hydrogen (secondary N) is 1. The van der Waals surface area contributed by atoms with Crippen LogP contribution in [0.15, 0.2) is 45.2 Å². The highest BCUT2D eigenvalue weighted by Gasteiger charge is 2.09. The molecule has 0 aliphatic carbocycles. The molecule has 0 bridgehead atoms. The first kappa shape index (κ1) is 15.8. The molecular formula is C15H11BrFN3O2S. The number of carbonyl (C=O) groups excluding carboxylic acids is 1. The van der Waals surface area contributed by atoms with Crippen molar-refractivity contribution >= 4 is 44.1 Å². The van der Waals surface area contributed by atoms with E-state index >= 15 is 0 Å². The highest BCUT2D eigenvalue weighted by atomic mass is 79.9. The van der Waals surface area contributed by atoms with E-state index in [4.69, 9.17) is 0 Å². The summed E-state index contributed by atoms with van der Waals surface area (Å²) in [5, 5.41) is 4.82. The quantitative estimate of drug-likeness (QED) is 0.738. The highest BCUT2D eigenvalue weighted by molar-refractivity contribution is 9.10. The zero-order chi connectivity index (χ0) is 16.4. The molecule has 23 heavy (non-hydrogen) atoms. The number of aromatic nitrogens is 2. The van der Waals surface area contributed by atoms with Crippen LogP contribution in [0, 0.1) is 5.82 Å². The van der Waals surface area contributed by atoms with E-state index in [1.807, 2.05) is 11.4 Å². The standard InChI is InChI=1S/C15H11BrFN3O2S/c16-9-3-11(23-7-9)5-18-14(21)6-20-8-19-13-2-1-10(17)4-12(13)15(20)22/h1-4,7-8H,5-6H2,(H,18,21). The van der Waals surface area contributed by atoms with E-state index in [0.717, 1.165) is 15.4 Å². The minimum absolute atomic E-state index is 0.155. The minimum atomic E-state index is -0.512. The van der Waals surface area contributed by atoms with Gasteiger partial charge in [0.15, 0.2) is 0 Å². The van der Waals surface area contributed by atoms with E-state index in [1.165, 1.54) is 34.4 Å². The SMILES string of the molecule is O=C(Cn1cnc2ccc(F)cc2c1=O)NCc1cc(Br)cs1. The molecule has 2 heterocycles. The lowest BCUT2D eigenvalue weighted by molar-refractivity contribution is -0.121. The third-order valence-corrected chi connectivity index (χ3v) is 4.88. The highest BCUT2D eigenvalue weighted by Crippen LogP contribution is 2.19. The average molecular weight is 396 g/mol. The Kier molecular flexibility index (Phi) is 4.53. The number of nitrogens with zero attached hydrogens (tertiary/aromatic N) is 2. The molecule has 0 unspecified atom stereocenters. The van der Waals surface area contributed by atoms with E-state index in [1.54, 1.807) is 0 Å². The third-order valence-electron chi connectivity index (χ3n) is 3.18. The lowest BCUT2D eigenvalue weighted by atomic mass is 10.2. The summed E-state index contributed by atoms with van der Waals surface area (Å²) in [5.74, 6) is -0.823. The summed E-state index contributed by atoms with van der Waals surface area (Å²) in [5.41, 5.74) is -0.0417. The predicted molar refractivity (Wildman–Crippen MR) is 89.8 cm³/mol. The van der Waals surface area contributed by atoms with Crippen LogP contribution in [-0.2, 0) is 17.9 Å². The maximum Gasteiger partial charge on any atom is 0.261 e. The Hall–Kier alpha value is -2.06. The Balaban J connectivity index is 1.74. The normalized spacial score (nSPS) is 10.9. The van der Waals surface area contributed by atoms with Crippen LogP contribution in [0.4, 0.5) is 4.39 Å². The molecule has 0 saturated heterocycles. The summed E-state index contributed by atoms with van der Waals surface area (Å²) >= 11 is 4.86. The van der Waals surface area contributed by atoms with Gasteiger partial charge in [0.1, 0.15) is 12.4 Å². The molecule has 1 amide bonds. The number of carbonyl (C=O) groups is 1. The second-order valence-corrected chi connectivity index (χ2v) is 6.76. The fraction of sp³-hybridized carbons (Fsp3) is 0.133. The molecule has 1 N–H and O–H groups in total. The fourth-order valence-corrected chi connectivity index (χ4v) is 3.48. The molecule has 0 aliphatic rings. The fourth-order valence-electron chi connectivity index (χ4n) is 2.09. The van der Waals surface area contributed by atoms with Crippen LogP contribution in [-0.4, -0.2) is 15.5 Å². The first-order valence-electron chi connectivity index (χ1n) is 6.67. The van der Waals surface area contributed by atoms with Gasteiger partial charge in [0, 0.05) is 14.7 Å². The molecule has 0 saturated carbocycles. The van der Waals surface area contributed by atoms with E-state index in [0.29, 0.717) is 12.1 Å². The molecule has 3 aromatic rings. The van der Waals surface area contributed by atoms with E-state index in [9.17, 15) is 14.0 Å². The molecule has 0 fully saturated rings. The Labute approximate surface area is 142 Å². The summed E-state index contributed by atoms with van der Waals surface area (Å²) in [6.07, 6.45) is 1.30. The first-order chi connectivity index (χ1) is 11.0. The summed E-state index contributed by atoms with van der Waals surface area (Å²) in [6.45, 7) is 0.227. The predicted octanol–water partition coefficient (Wildman–Crippen LogP) is 2.68. The average Bonchev–Trinajstić information content (AvgIpc) is 2.94. The molecule has 0 spiro atoms. The Morgan fingerprint density at radius 1 is 1.39 bits per heavy atom. The van der Waals surface area contributed by atoms with Crippen LogP contribution < -0.4 is 10.9 Å². The Morgan fingerprint density at radius 3 is 2.96 bits per heavy atom. The number of thiophene rings is 1. The molecule has 5 nitrogen and oxygen atoms in total. The van der Waals surface area contributed by atoms with Gasteiger partial charge >= 0.3 is 0 Å². The lowest BCUT2D eigenvalue weighted by Crippen LogP contribution is -2.32. The Bertz CT molecular complexity index is 938. The molecule has 3 rings (SSSR count). The van der Waals surface area contributed by atoms with Crippen LogP contribution in [0.25, 0.3) is 10.9 Å². The third kappa shape index (κ3) is 3.65. The van der Waals surface area contributed by atoms with Gasteiger partial charge in [-0.15, -0.1) is 11.3 Å². The number of amides is 1. The molecule has 0 atom stereocenters. The summed E-state index contributed by atoms with van der Waals surface area (Å²) in [6, 6.07) is 5.72. The van der Waals surface area contributed by atoms with Gasteiger partial charge in [-0.05, 0) is 40.2 Å².